The lowest BCUT2D eigenvalue weighted by molar-refractivity contribution is -0.120. The van der Waals surface area contributed by atoms with Gasteiger partial charge >= 0.3 is 0 Å². The van der Waals surface area contributed by atoms with E-state index in [4.69, 9.17) is 5.73 Å². The number of rotatable bonds is 5. The molecule has 0 saturated heterocycles. The van der Waals surface area contributed by atoms with Crippen molar-refractivity contribution >= 4 is 16.7 Å². The molecule has 1 amide bonds. The molecule has 1 atom stereocenters. The number of aryl methyl sites for hydroxylation is 1. The van der Waals surface area contributed by atoms with E-state index in [9.17, 15) is 9.90 Å². The van der Waals surface area contributed by atoms with Crippen molar-refractivity contribution in [2.24, 2.45) is 5.73 Å². The van der Waals surface area contributed by atoms with Crippen molar-refractivity contribution in [3.05, 3.63) is 59.7 Å². The Morgan fingerprint density at radius 2 is 1.96 bits per heavy atom. The van der Waals surface area contributed by atoms with Crippen LogP contribution >= 0.6 is 0 Å². The van der Waals surface area contributed by atoms with Crippen LogP contribution < -0.4 is 5.73 Å². The predicted octanol–water partition coefficient (Wildman–Crippen LogP) is 3.57. The summed E-state index contributed by atoms with van der Waals surface area (Å²) in [6.07, 6.45) is 5.30. The number of aliphatic hydroxyl groups excluding tert-OH is 1. The van der Waals surface area contributed by atoms with Crippen LogP contribution in [0, 0.1) is 6.92 Å². The first-order valence-corrected chi connectivity index (χ1v) is 9.30. The largest absolute Gasteiger partial charge is 0.387 e. The summed E-state index contributed by atoms with van der Waals surface area (Å²) in [5, 5.41) is 12.0. The van der Waals surface area contributed by atoms with Crippen LogP contribution in [0.3, 0.4) is 0 Å². The number of carbonyl (C=O) groups is 1. The van der Waals surface area contributed by atoms with Crippen LogP contribution in [-0.4, -0.2) is 21.0 Å². The fourth-order valence-electron chi connectivity index (χ4n) is 3.60. The highest BCUT2D eigenvalue weighted by Gasteiger charge is 2.51. The summed E-state index contributed by atoms with van der Waals surface area (Å²) >= 11 is 0. The fourth-order valence-corrected chi connectivity index (χ4v) is 3.60. The van der Waals surface area contributed by atoms with Gasteiger partial charge in [0.15, 0.2) is 0 Å². The lowest BCUT2D eigenvalue weighted by Gasteiger charge is -2.13. The number of primary amides is 1. The van der Waals surface area contributed by atoms with E-state index in [1.807, 2.05) is 44.4 Å². The second-order valence-corrected chi connectivity index (χ2v) is 7.43. The summed E-state index contributed by atoms with van der Waals surface area (Å²) in [5.41, 5.74) is 9.62. The molecule has 0 bridgehead atoms. The summed E-state index contributed by atoms with van der Waals surface area (Å²) in [6.45, 7) is 3.96. The Morgan fingerprint density at radius 3 is 2.59 bits per heavy atom. The van der Waals surface area contributed by atoms with E-state index in [0.717, 1.165) is 46.0 Å². The monoisotopic (exact) mass is 361 g/mol. The van der Waals surface area contributed by atoms with E-state index in [-0.39, 0.29) is 5.91 Å². The number of carbonyl (C=O) groups excluding carboxylic acids is 1. The Hall–Kier alpha value is -2.79. The van der Waals surface area contributed by atoms with Gasteiger partial charge in [-0.15, -0.1) is 0 Å². The molecular weight excluding hydrogens is 338 g/mol. The van der Waals surface area contributed by atoms with Crippen LogP contribution in [0.15, 0.2) is 42.7 Å². The number of fused-ring (bicyclic) bond motifs is 1. The third kappa shape index (κ3) is 2.98. The van der Waals surface area contributed by atoms with E-state index in [0.29, 0.717) is 12.1 Å². The maximum Gasteiger partial charge on any atom is 0.229 e. The molecule has 0 spiro atoms. The van der Waals surface area contributed by atoms with Crippen molar-refractivity contribution in [3.63, 3.8) is 0 Å². The van der Waals surface area contributed by atoms with Gasteiger partial charge in [-0.1, -0.05) is 19.1 Å². The number of aliphatic hydroxyl groups is 1. The van der Waals surface area contributed by atoms with Gasteiger partial charge in [-0.3, -0.25) is 14.8 Å². The number of amides is 1. The molecule has 1 fully saturated rings. The highest BCUT2D eigenvalue weighted by Crippen LogP contribution is 2.47. The highest BCUT2D eigenvalue weighted by molar-refractivity contribution is 5.92. The van der Waals surface area contributed by atoms with Gasteiger partial charge < -0.3 is 10.8 Å². The zero-order valence-electron chi connectivity index (χ0n) is 15.6. The van der Waals surface area contributed by atoms with Gasteiger partial charge in [0.25, 0.3) is 0 Å². The standard InChI is InChI=1S/C22H23N3O2/c1-3-19(26)18-8-13(2)17(12-24-18)15-5-4-14-10-20(25-11-16(14)9-15)22(6-7-22)21(23)27/h4-5,8-12,19,26H,3,6-7H2,1-2H3,(H2,23,27)/t19-/m1/s1. The minimum atomic E-state index is -0.566. The maximum absolute atomic E-state index is 11.8. The average molecular weight is 361 g/mol. The predicted molar refractivity (Wildman–Crippen MR) is 105 cm³/mol. The van der Waals surface area contributed by atoms with Crippen LogP contribution in [-0.2, 0) is 10.2 Å². The minimum Gasteiger partial charge on any atom is -0.387 e. The topological polar surface area (TPSA) is 89.1 Å². The molecule has 1 saturated carbocycles. The number of pyridine rings is 2. The molecule has 138 valence electrons. The van der Waals surface area contributed by atoms with Crippen LogP contribution in [0.1, 0.15) is 49.2 Å². The van der Waals surface area contributed by atoms with E-state index >= 15 is 0 Å². The summed E-state index contributed by atoms with van der Waals surface area (Å²) in [6, 6.07) is 10.1. The first-order chi connectivity index (χ1) is 12.9. The Labute approximate surface area is 158 Å². The molecular formula is C22H23N3O2. The molecule has 2 heterocycles. The number of benzene rings is 1. The van der Waals surface area contributed by atoms with E-state index in [1.54, 1.807) is 0 Å². The number of aromatic nitrogens is 2. The molecule has 5 heteroatoms. The van der Waals surface area contributed by atoms with Crippen molar-refractivity contribution in [1.82, 2.24) is 9.97 Å². The molecule has 1 aromatic carbocycles. The van der Waals surface area contributed by atoms with Gasteiger partial charge in [-0.2, -0.15) is 0 Å². The van der Waals surface area contributed by atoms with E-state index < -0.39 is 11.5 Å². The Kier molecular flexibility index (Phi) is 4.19. The van der Waals surface area contributed by atoms with Gasteiger partial charge in [-0.25, -0.2) is 0 Å². The highest BCUT2D eigenvalue weighted by atomic mass is 16.3. The Bertz CT molecular complexity index is 1040. The lowest BCUT2D eigenvalue weighted by Crippen LogP contribution is -2.29. The SMILES string of the molecule is CC[C@@H](O)c1cc(C)c(-c2ccc3cc(C4(C(N)=O)CC4)ncc3c2)cn1. The number of nitrogens with two attached hydrogens (primary N) is 1. The quantitative estimate of drug-likeness (QED) is 0.727. The molecule has 27 heavy (non-hydrogen) atoms. The summed E-state index contributed by atoms with van der Waals surface area (Å²) in [7, 11) is 0. The second kappa shape index (κ2) is 6.43. The van der Waals surface area contributed by atoms with Gasteiger partial charge in [0.1, 0.15) is 0 Å². The summed E-state index contributed by atoms with van der Waals surface area (Å²) in [4.78, 5) is 20.7. The molecule has 0 radical (unpaired) electrons. The third-order valence-corrected chi connectivity index (χ3v) is 5.60. The third-order valence-electron chi connectivity index (χ3n) is 5.60. The van der Waals surface area contributed by atoms with Gasteiger partial charge in [0, 0.05) is 23.3 Å². The molecule has 2 aromatic heterocycles. The molecule has 3 N–H and O–H groups in total. The normalized spacial score (nSPS) is 16.3. The Balaban J connectivity index is 1.71. The molecule has 5 nitrogen and oxygen atoms in total. The first kappa shape index (κ1) is 17.6. The number of nitrogens with zero attached hydrogens (tertiary/aromatic N) is 2. The van der Waals surface area contributed by atoms with Crippen LogP contribution in [0.4, 0.5) is 0 Å². The molecule has 1 aliphatic carbocycles. The molecule has 0 aliphatic heterocycles. The van der Waals surface area contributed by atoms with Crippen molar-refractivity contribution < 1.29 is 9.90 Å². The first-order valence-electron chi connectivity index (χ1n) is 9.30. The molecule has 3 aromatic rings. The lowest BCUT2D eigenvalue weighted by atomic mass is 9.96. The summed E-state index contributed by atoms with van der Waals surface area (Å²) < 4.78 is 0. The van der Waals surface area contributed by atoms with Gasteiger partial charge in [0.2, 0.25) is 5.91 Å². The molecule has 4 rings (SSSR count). The minimum absolute atomic E-state index is 0.290. The Morgan fingerprint density at radius 1 is 1.19 bits per heavy atom. The zero-order chi connectivity index (χ0) is 19.2. The van der Waals surface area contributed by atoms with Crippen LogP contribution in [0.2, 0.25) is 0 Å². The van der Waals surface area contributed by atoms with E-state index in [2.05, 4.69) is 22.1 Å². The van der Waals surface area contributed by atoms with Crippen LogP contribution in [0.5, 0.6) is 0 Å². The van der Waals surface area contributed by atoms with E-state index in [1.165, 1.54) is 0 Å². The van der Waals surface area contributed by atoms with Crippen LogP contribution in [0.25, 0.3) is 21.9 Å². The average Bonchev–Trinajstić information content (AvgIpc) is 3.48. The van der Waals surface area contributed by atoms with Gasteiger partial charge in [-0.05, 0) is 60.9 Å². The van der Waals surface area contributed by atoms with Crippen molar-refractivity contribution in [2.45, 2.75) is 44.6 Å². The summed E-state index contributed by atoms with van der Waals surface area (Å²) in [5.74, 6) is -0.290. The van der Waals surface area contributed by atoms with Crippen molar-refractivity contribution in [1.29, 1.82) is 0 Å². The number of hydrogen-bond acceptors (Lipinski definition) is 4. The van der Waals surface area contributed by atoms with Gasteiger partial charge in [0.05, 0.1) is 22.9 Å². The smallest absolute Gasteiger partial charge is 0.229 e. The number of hydrogen-bond donors (Lipinski definition) is 2. The maximum atomic E-state index is 11.8. The zero-order valence-corrected chi connectivity index (χ0v) is 15.6. The fraction of sp³-hybridized carbons (Fsp3) is 0.318. The van der Waals surface area contributed by atoms with Crippen molar-refractivity contribution in [2.75, 3.05) is 0 Å². The van der Waals surface area contributed by atoms with Crippen molar-refractivity contribution in [3.8, 4) is 11.1 Å². The second-order valence-electron chi connectivity index (χ2n) is 7.43. The molecule has 0 unspecified atom stereocenters. The molecule has 1 aliphatic rings.